The van der Waals surface area contributed by atoms with Crippen LogP contribution in [-0.4, -0.2) is 5.91 Å². The largest absolute Gasteiger partial charge is 0.457 e. The lowest BCUT2D eigenvalue weighted by atomic mass is 9.85. The quantitative estimate of drug-likeness (QED) is 0.255. The average Bonchev–Trinajstić information content (AvgIpc) is 2.87. The first-order chi connectivity index (χ1) is 16.7. The Bertz CT molecular complexity index is 1020. The molecule has 34 heavy (non-hydrogen) atoms. The van der Waals surface area contributed by atoms with Crippen LogP contribution in [0.4, 0.5) is 5.69 Å². The molecule has 3 N–H and O–H groups in total. The van der Waals surface area contributed by atoms with Gasteiger partial charge in [0.1, 0.15) is 11.5 Å². The van der Waals surface area contributed by atoms with Crippen LogP contribution in [0, 0.1) is 0 Å². The number of ether oxygens (including phenoxy) is 1. The number of unbranched alkanes of at least 4 members (excludes halogenated alkanes) is 3. The standard InChI is InChI=1S/C30H38N2O2/c1-3-5-9-15-23(14-6-4-2)28-21-24(30(33)32-26-16-10-7-11-17-26)20-25(22-31)29(28)34-27-18-12-8-13-19-27/h7-8,10-13,16-21,23H,3-6,9,14-15,22,31H2,1-2H3,(H,32,33). The molecular weight excluding hydrogens is 420 g/mol. The van der Waals surface area contributed by atoms with Crippen LogP contribution < -0.4 is 15.8 Å². The Hall–Kier alpha value is -3.11. The molecule has 0 fully saturated rings. The number of rotatable bonds is 13. The van der Waals surface area contributed by atoms with Gasteiger partial charge in [0.2, 0.25) is 0 Å². The smallest absolute Gasteiger partial charge is 0.255 e. The normalized spacial score (nSPS) is 11.7. The number of hydrogen-bond acceptors (Lipinski definition) is 3. The molecule has 0 bridgehead atoms. The van der Waals surface area contributed by atoms with E-state index in [2.05, 4.69) is 19.2 Å². The maximum atomic E-state index is 13.2. The van der Waals surface area contributed by atoms with Crippen LogP contribution in [0.3, 0.4) is 0 Å². The number of nitrogens with one attached hydrogen (secondary N) is 1. The van der Waals surface area contributed by atoms with E-state index in [-0.39, 0.29) is 5.91 Å². The van der Waals surface area contributed by atoms with E-state index in [1.165, 1.54) is 12.8 Å². The van der Waals surface area contributed by atoms with Crippen LogP contribution in [0.15, 0.2) is 72.8 Å². The molecule has 0 radical (unpaired) electrons. The van der Waals surface area contributed by atoms with Crippen molar-refractivity contribution in [3.05, 3.63) is 89.5 Å². The van der Waals surface area contributed by atoms with Crippen LogP contribution in [0.5, 0.6) is 11.5 Å². The summed E-state index contributed by atoms with van der Waals surface area (Å²) in [5, 5.41) is 3.02. The highest BCUT2D eigenvalue weighted by molar-refractivity contribution is 6.04. The molecule has 1 atom stereocenters. The summed E-state index contributed by atoms with van der Waals surface area (Å²) in [4.78, 5) is 13.2. The third-order valence-electron chi connectivity index (χ3n) is 6.17. The van der Waals surface area contributed by atoms with Crippen molar-refractivity contribution in [1.82, 2.24) is 0 Å². The fourth-order valence-electron chi connectivity index (χ4n) is 4.30. The molecule has 3 aromatic rings. The maximum Gasteiger partial charge on any atom is 0.255 e. The molecule has 0 aliphatic carbocycles. The molecule has 4 heteroatoms. The number of para-hydroxylation sites is 2. The fraction of sp³-hybridized carbons (Fsp3) is 0.367. The van der Waals surface area contributed by atoms with Gasteiger partial charge in [-0.05, 0) is 60.7 Å². The predicted octanol–water partition coefficient (Wildman–Crippen LogP) is 8.04. The summed E-state index contributed by atoms with van der Waals surface area (Å²) >= 11 is 0. The summed E-state index contributed by atoms with van der Waals surface area (Å²) in [7, 11) is 0. The Morgan fingerprint density at radius 3 is 2.18 bits per heavy atom. The molecule has 0 spiro atoms. The van der Waals surface area contributed by atoms with Crippen LogP contribution >= 0.6 is 0 Å². The van der Waals surface area contributed by atoms with Gasteiger partial charge in [-0.25, -0.2) is 0 Å². The number of amides is 1. The van der Waals surface area contributed by atoms with Crippen molar-refractivity contribution in [3.63, 3.8) is 0 Å². The SMILES string of the molecule is CCCCCC(CCCC)c1cc(C(=O)Nc2ccccc2)cc(CN)c1Oc1ccccc1. The Labute approximate surface area is 204 Å². The van der Waals surface area contributed by atoms with Gasteiger partial charge in [-0.15, -0.1) is 0 Å². The zero-order chi connectivity index (χ0) is 24.2. The molecule has 0 aliphatic heterocycles. The van der Waals surface area contributed by atoms with Crippen LogP contribution in [0.25, 0.3) is 0 Å². The number of anilines is 1. The lowest BCUT2D eigenvalue weighted by Gasteiger charge is -2.24. The second-order valence-electron chi connectivity index (χ2n) is 8.83. The minimum Gasteiger partial charge on any atom is -0.457 e. The number of carbonyl (C=O) groups excluding carboxylic acids is 1. The number of benzene rings is 3. The van der Waals surface area contributed by atoms with E-state index in [4.69, 9.17) is 10.5 Å². The molecule has 0 saturated carbocycles. The van der Waals surface area contributed by atoms with Crippen molar-refractivity contribution in [2.24, 2.45) is 5.73 Å². The summed E-state index contributed by atoms with van der Waals surface area (Å²) in [6, 6.07) is 23.3. The van der Waals surface area contributed by atoms with Gasteiger partial charge in [0.15, 0.2) is 0 Å². The Kier molecular flexibility index (Phi) is 10.2. The molecule has 0 heterocycles. The van der Waals surface area contributed by atoms with E-state index in [1.54, 1.807) is 0 Å². The van der Waals surface area contributed by atoms with Gasteiger partial charge in [0.25, 0.3) is 5.91 Å². The third-order valence-corrected chi connectivity index (χ3v) is 6.17. The van der Waals surface area contributed by atoms with E-state index in [1.807, 2.05) is 72.8 Å². The summed E-state index contributed by atoms with van der Waals surface area (Å²) in [6.07, 6.45) is 7.97. The van der Waals surface area contributed by atoms with Crippen LogP contribution in [0.1, 0.15) is 86.2 Å². The van der Waals surface area contributed by atoms with Crippen molar-refractivity contribution in [2.75, 3.05) is 5.32 Å². The summed E-state index contributed by atoms with van der Waals surface area (Å²) in [5.74, 6) is 1.78. The molecule has 1 unspecified atom stereocenters. The van der Waals surface area contributed by atoms with E-state index >= 15 is 0 Å². The van der Waals surface area contributed by atoms with E-state index in [0.29, 0.717) is 18.0 Å². The molecule has 1 amide bonds. The number of hydrogen-bond donors (Lipinski definition) is 2. The van der Waals surface area contributed by atoms with E-state index < -0.39 is 0 Å². The fourth-order valence-corrected chi connectivity index (χ4v) is 4.30. The van der Waals surface area contributed by atoms with Gasteiger partial charge in [-0.3, -0.25) is 4.79 Å². The summed E-state index contributed by atoms with van der Waals surface area (Å²) in [5.41, 5.74) is 9.55. The topological polar surface area (TPSA) is 64.4 Å². The lowest BCUT2D eigenvalue weighted by Crippen LogP contribution is -2.15. The predicted molar refractivity (Wildman–Crippen MR) is 142 cm³/mol. The van der Waals surface area contributed by atoms with Crippen molar-refractivity contribution < 1.29 is 9.53 Å². The molecule has 180 valence electrons. The molecule has 0 aliphatic rings. The van der Waals surface area contributed by atoms with Crippen molar-refractivity contribution >= 4 is 11.6 Å². The highest BCUT2D eigenvalue weighted by Gasteiger charge is 2.22. The van der Waals surface area contributed by atoms with Crippen molar-refractivity contribution in [3.8, 4) is 11.5 Å². The zero-order valence-electron chi connectivity index (χ0n) is 20.6. The molecule has 3 rings (SSSR count). The zero-order valence-corrected chi connectivity index (χ0v) is 20.6. The molecule has 0 aromatic heterocycles. The second kappa shape index (κ2) is 13.6. The lowest BCUT2D eigenvalue weighted by molar-refractivity contribution is 0.102. The summed E-state index contributed by atoms with van der Waals surface area (Å²) in [6.45, 7) is 4.75. The van der Waals surface area contributed by atoms with Gasteiger partial charge in [-0.2, -0.15) is 0 Å². The molecule has 3 aromatic carbocycles. The van der Waals surface area contributed by atoms with Crippen molar-refractivity contribution in [2.45, 2.75) is 71.3 Å². The first-order valence-electron chi connectivity index (χ1n) is 12.6. The van der Waals surface area contributed by atoms with Crippen LogP contribution in [-0.2, 0) is 6.54 Å². The highest BCUT2D eigenvalue weighted by Crippen LogP contribution is 2.40. The maximum absolute atomic E-state index is 13.2. The van der Waals surface area contributed by atoms with Gasteiger partial charge in [-0.1, -0.05) is 82.3 Å². The first kappa shape index (κ1) is 25.5. The Balaban J connectivity index is 2.03. The Morgan fingerprint density at radius 2 is 1.53 bits per heavy atom. The summed E-state index contributed by atoms with van der Waals surface area (Å²) < 4.78 is 6.44. The van der Waals surface area contributed by atoms with Crippen molar-refractivity contribution in [1.29, 1.82) is 0 Å². The monoisotopic (exact) mass is 458 g/mol. The Morgan fingerprint density at radius 1 is 0.882 bits per heavy atom. The average molecular weight is 459 g/mol. The highest BCUT2D eigenvalue weighted by atomic mass is 16.5. The minimum absolute atomic E-state index is 0.129. The number of carbonyl (C=O) groups is 1. The second-order valence-corrected chi connectivity index (χ2v) is 8.83. The minimum atomic E-state index is -0.129. The van der Waals surface area contributed by atoms with Gasteiger partial charge < -0.3 is 15.8 Å². The molecular formula is C30H38N2O2. The number of nitrogens with two attached hydrogens (primary N) is 1. The van der Waals surface area contributed by atoms with Gasteiger partial charge >= 0.3 is 0 Å². The first-order valence-corrected chi connectivity index (χ1v) is 12.6. The third kappa shape index (κ3) is 7.19. The molecule has 0 saturated heterocycles. The van der Waals surface area contributed by atoms with Gasteiger partial charge in [0.05, 0.1) is 0 Å². The van der Waals surface area contributed by atoms with E-state index in [9.17, 15) is 4.79 Å². The van der Waals surface area contributed by atoms with E-state index in [0.717, 1.165) is 60.4 Å². The van der Waals surface area contributed by atoms with Gasteiger partial charge in [0, 0.05) is 23.4 Å². The molecule has 4 nitrogen and oxygen atoms in total. The van der Waals surface area contributed by atoms with Crippen LogP contribution in [0.2, 0.25) is 0 Å².